The third-order valence-corrected chi connectivity index (χ3v) is 5.47. The molecule has 1 saturated carbocycles. The number of hydrogen-bond acceptors (Lipinski definition) is 4. The van der Waals surface area contributed by atoms with E-state index in [1.54, 1.807) is 11.3 Å². The van der Waals surface area contributed by atoms with Crippen LogP contribution in [0.2, 0.25) is 0 Å². The molecule has 3 aromatic rings. The van der Waals surface area contributed by atoms with Crippen LogP contribution < -0.4 is 5.32 Å². The summed E-state index contributed by atoms with van der Waals surface area (Å²) in [7, 11) is 0. The predicted octanol–water partition coefficient (Wildman–Crippen LogP) is 3.08. The Balaban J connectivity index is 1.45. The summed E-state index contributed by atoms with van der Waals surface area (Å²) in [5.41, 5.74) is 0.793. The summed E-state index contributed by atoms with van der Waals surface area (Å²) in [6.45, 7) is 4.05. The van der Waals surface area contributed by atoms with Crippen molar-refractivity contribution in [3.05, 3.63) is 52.1 Å². The molecule has 5 nitrogen and oxygen atoms in total. The van der Waals surface area contributed by atoms with E-state index in [-0.39, 0.29) is 17.9 Å². The largest absolute Gasteiger partial charge is 0.346 e. The van der Waals surface area contributed by atoms with Gasteiger partial charge in [0, 0.05) is 27.8 Å². The number of nitrogens with one attached hydrogen (secondary N) is 1. The molecule has 0 aliphatic heterocycles. The van der Waals surface area contributed by atoms with Crippen molar-refractivity contribution in [2.24, 2.45) is 5.92 Å². The number of nitrogens with zero attached hydrogens (tertiary/aromatic N) is 3. The Hall–Kier alpha value is -2.21. The lowest BCUT2D eigenvalue weighted by atomic mass is 10.2. The number of thiophene rings is 1. The molecule has 6 heteroatoms. The first-order chi connectivity index (χ1) is 11.1. The van der Waals surface area contributed by atoms with Gasteiger partial charge in [-0.15, -0.1) is 21.5 Å². The highest BCUT2D eigenvalue weighted by Gasteiger charge is 2.45. The van der Waals surface area contributed by atoms with Crippen LogP contribution in [0.5, 0.6) is 0 Å². The number of aromatic nitrogens is 3. The molecular weight excluding hydrogens is 308 g/mol. The van der Waals surface area contributed by atoms with Crippen molar-refractivity contribution in [2.45, 2.75) is 32.2 Å². The van der Waals surface area contributed by atoms with Gasteiger partial charge in [-0.05, 0) is 44.5 Å². The number of fused-ring (bicyclic) bond motifs is 1. The van der Waals surface area contributed by atoms with Gasteiger partial charge < -0.3 is 5.32 Å². The van der Waals surface area contributed by atoms with E-state index in [2.05, 4.69) is 34.6 Å². The molecular formula is C17H18N4OS. The van der Waals surface area contributed by atoms with Crippen molar-refractivity contribution in [2.75, 3.05) is 0 Å². The summed E-state index contributed by atoms with van der Waals surface area (Å²) < 4.78 is 1.91. The van der Waals surface area contributed by atoms with E-state index < -0.39 is 0 Å². The molecule has 1 aliphatic rings. The maximum atomic E-state index is 12.5. The average molecular weight is 326 g/mol. The zero-order valence-electron chi connectivity index (χ0n) is 13.1. The molecule has 3 heterocycles. The Labute approximate surface area is 138 Å². The maximum absolute atomic E-state index is 12.5. The highest BCUT2D eigenvalue weighted by Crippen LogP contribution is 2.49. The summed E-state index contributed by atoms with van der Waals surface area (Å²) in [4.78, 5) is 15.1. The molecule has 1 amide bonds. The van der Waals surface area contributed by atoms with Crippen LogP contribution in [0.1, 0.15) is 40.9 Å². The van der Waals surface area contributed by atoms with Crippen LogP contribution in [0.3, 0.4) is 0 Å². The van der Waals surface area contributed by atoms with Crippen LogP contribution in [0.4, 0.5) is 0 Å². The average Bonchev–Trinajstić information content (AvgIpc) is 3.04. The van der Waals surface area contributed by atoms with Crippen LogP contribution >= 0.6 is 11.3 Å². The molecule has 1 N–H and O–H groups in total. The molecule has 0 bridgehead atoms. The minimum Gasteiger partial charge on any atom is -0.346 e. The topological polar surface area (TPSA) is 59.3 Å². The van der Waals surface area contributed by atoms with Gasteiger partial charge in [0.2, 0.25) is 5.91 Å². The molecule has 0 unspecified atom stereocenters. The standard InChI is InChI=1S/C17H18N4OS/c1-10-6-7-14(23-10)12-9-13(12)17(22)18-11(2)16-20-19-15-5-3-4-8-21(15)16/h3-8,11-13H,9H2,1-2H3,(H,18,22)/t11-,12-,13+/m1/s1. The number of aryl methyl sites for hydroxylation is 1. The predicted molar refractivity (Wildman–Crippen MR) is 89.4 cm³/mol. The van der Waals surface area contributed by atoms with Crippen LogP contribution in [0.15, 0.2) is 36.5 Å². The smallest absolute Gasteiger partial charge is 0.224 e. The van der Waals surface area contributed by atoms with E-state index in [1.807, 2.05) is 35.7 Å². The number of rotatable bonds is 4. The first-order valence-corrected chi connectivity index (χ1v) is 8.61. The van der Waals surface area contributed by atoms with Crippen molar-refractivity contribution < 1.29 is 4.79 Å². The van der Waals surface area contributed by atoms with Gasteiger partial charge in [0.1, 0.15) is 0 Å². The van der Waals surface area contributed by atoms with Crippen molar-refractivity contribution in [1.82, 2.24) is 19.9 Å². The molecule has 3 atom stereocenters. The zero-order valence-corrected chi connectivity index (χ0v) is 13.9. The summed E-state index contributed by atoms with van der Waals surface area (Å²) in [5, 5.41) is 11.4. The van der Waals surface area contributed by atoms with E-state index in [1.165, 1.54) is 9.75 Å². The quantitative estimate of drug-likeness (QED) is 0.801. The third-order valence-electron chi connectivity index (χ3n) is 4.34. The summed E-state index contributed by atoms with van der Waals surface area (Å²) in [6, 6.07) is 9.87. The molecule has 4 rings (SSSR count). The minimum atomic E-state index is -0.161. The van der Waals surface area contributed by atoms with Gasteiger partial charge in [-0.2, -0.15) is 0 Å². The van der Waals surface area contributed by atoms with E-state index >= 15 is 0 Å². The normalized spacial score (nSPS) is 21.3. The monoisotopic (exact) mass is 326 g/mol. The van der Waals surface area contributed by atoms with Gasteiger partial charge in [0.05, 0.1) is 6.04 Å². The number of hydrogen-bond donors (Lipinski definition) is 1. The molecule has 118 valence electrons. The Morgan fingerprint density at radius 1 is 1.35 bits per heavy atom. The van der Waals surface area contributed by atoms with Crippen LogP contribution in [0.25, 0.3) is 5.65 Å². The van der Waals surface area contributed by atoms with Gasteiger partial charge in [-0.3, -0.25) is 9.20 Å². The minimum absolute atomic E-state index is 0.0923. The van der Waals surface area contributed by atoms with Gasteiger partial charge in [-0.1, -0.05) is 6.07 Å². The van der Waals surface area contributed by atoms with E-state index in [0.717, 1.165) is 17.9 Å². The Morgan fingerprint density at radius 3 is 3.00 bits per heavy atom. The van der Waals surface area contributed by atoms with Crippen LogP contribution in [-0.2, 0) is 4.79 Å². The Kier molecular flexibility index (Phi) is 3.41. The molecule has 0 spiro atoms. The molecule has 1 fully saturated rings. The van der Waals surface area contributed by atoms with Gasteiger partial charge in [0.25, 0.3) is 0 Å². The van der Waals surface area contributed by atoms with Crippen molar-refractivity contribution in [3.8, 4) is 0 Å². The van der Waals surface area contributed by atoms with Crippen molar-refractivity contribution in [3.63, 3.8) is 0 Å². The first kappa shape index (κ1) is 14.4. The molecule has 3 aromatic heterocycles. The van der Waals surface area contributed by atoms with Gasteiger partial charge >= 0.3 is 0 Å². The van der Waals surface area contributed by atoms with Gasteiger partial charge in [-0.25, -0.2) is 0 Å². The molecule has 0 radical (unpaired) electrons. The number of amides is 1. The number of carbonyl (C=O) groups excluding carboxylic acids is 1. The van der Waals surface area contributed by atoms with Crippen molar-refractivity contribution in [1.29, 1.82) is 0 Å². The van der Waals surface area contributed by atoms with E-state index in [4.69, 9.17) is 0 Å². The fraction of sp³-hybridized carbons (Fsp3) is 0.353. The lowest BCUT2D eigenvalue weighted by Gasteiger charge is -2.12. The van der Waals surface area contributed by atoms with Crippen molar-refractivity contribution >= 4 is 22.9 Å². The molecule has 23 heavy (non-hydrogen) atoms. The number of pyridine rings is 1. The molecule has 0 aromatic carbocycles. The highest BCUT2D eigenvalue weighted by atomic mass is 32.1. The van der Waals surface area contributed by atoms with E-state index in [0.29, 0.717) is 5.92 Å². The summed E-state index contributed by atoms with van der Waals surface area (Å²) in [5.74, 6) is 1.35. The van der Waals surface area contributed by atoms with Crippen LogP contribution in [-0.4, -0.2) is 20.5 Å². The van der Waals surface area contributed by atoms with Crippen LogP contribution in [0, 0.1) is 12.8 Å². The second-order valence-corrected chi connectivity index (χ2v) is 7.43. The zero-order chi connectivity index (χ0) is 16.0. The maximum Gasteiger partial charge on any atom is 0.224 e. The van der Waals surface area contributed by atoms with Gasteiger partial charge in [0.15, 0.2) is 11.5 Å². The first-order valence-electron chi connectivity index (χ1n) is 7.80. The molecule has 1 aliphatic carbocycles. The SMILES string of the molecule is Cc1ccc([C@@H]2C[C@@H]2C(=O)N[C@H](C)c2nnc3ccccn23)s1. The highest BCUT2D eigenvalue weighted by molar-refractivity contribution is 7.12. The lowest BCUT2D eigenvalue weighted by Crippen LogP contribution is -2.29. The van der Waals surface area contributed by atoms with E-state index in [9.17, 15) is 4.79 Å². The summed E-state index contributed by atoms with van der Waals surface area (Å²) >= 11 is 1.79. The Bertz CT molecular complexity index is 868. The summed E-state index contributed by atoms with van der Waals surface area (Å²) in [6.07, 6.45) is 2.86. The Morgan fingerprint density at radius 2 is 2.22 bits per heavy atom. The fourth-order valence-corrected chi connectivity index (χ4v) is 4.05. The second-order valence-electron chi connectivity index (χ2n) is 6.11. The number of carbonyl (C=O) groups is 1. The third kappa shape index (κ3) is 2.63. The fourth-order valence-electron chi connectivity index (χ4n) is 2.99. The second kappa shape index (κ2) is 5.45. The lowest BCUT2D eigenvalue weighted by molar-refractivity contribution is -0.123. The molecule has 0 saturated heterocycles.